The molecule has 7 nitrogen and oxygen atoms in total. The molecule has 2 atom stereocenters. The highest BCUT2D eigenvalue weighted by Gasteiger charge is 2.40. The van der Waals surface area contributed by atoms with E-state index in [1.165, 1.54) is 30.0 Å². The van der Waals surface area contributed by atoms with Gasteiger partial charge in [0.25, 0.3) is 0 Å². The van der Waals surface area contributed by atoms with E-state index in [9.17, 15) is 13.2 Å². The number of nitrogens with zero attached hydrogens (tertiary/aromatic N) is 6. The fraction of sp³-hybridized carbons (Fsp3) is 0.304. The number of hydrogen-bond donors (Lipinski definition) is 0. The maximum Gasteiger partial charge on any atom is 0.416 e. The third-order valence-corrected chi connectivity index (χ3v) is 5.87. The number of alkyl halides is 4. The van der Waals surface area contributed by atoms with Gasteiger partial charge in [-0.05, 0) is 37.1 Å². The zero-order valence-corrected chi connectivity index (χ0v) is 18.3. The van der Waals surface area contributed by atoms with Crippen molar-refractivity contribution in [2.45, 2.75) is 38.2 Å². The zero-order chi connectivity index (χ0) is 24.0. The van der Waals surface area contributed by atoms with E-state index in [2.05, 4.69) is 20.1 Å². The molecule has 0 amide bonds. The minimum absolute atomic E-state index is 0.0155. The molecule has 4 heterocycles. The first kappa shape index (κ1) is 22.1. The van der Waals surface area contributed by atoms with Crippen LogP contribution in [0.5, 0.6) is 5.88 Å². The molecule has 4 aromatic rings. The number of pyridine rings is 1. The molecule has 0 saturated carbocycles. The van der Waals surface area contributed by atoms with Crippen LogP contribution in [0.4, 0.5) is 17.6 Å². The molecule has 0 saturated heterocycles. The molecule has 176 valence electrons. The smallest absolute Gasteiger partial charge is 0.416 e. The molecule has 0 radical (unpaired) electrons. The molecule has 0 bridgehead atoms. The molecule has 0 spiro atoms. The quantitative estimate of drug-likeness (QED) is 0.389. The topological polar surface area (TPSA) is 70.7 Å². The lowest BCUT2D eigenvalue weighted by atomic mass is 9.85. The van der Waals surface area contributed by atoms with E-state index in [0.29, 0.717) is 17.3 Å². The first-order valence-electron chi connectivity index (χ1n) is 10.6. The molecule has 2 unspecified atom stereocenters. The Kier molecular flexibility index (Phi) is 5.34. The summed E-state index contributed by atoms with van der Waals surface area (Å²) in [5, 5.41) is 4.36. The van der Waals surface area contributed by atoms with Crippen LogP contribution in [-0.4, -0.2) is 36.4 Å². The van der Waals surface area contributed by atoms with E-state index < -0.39 is 23.8 Å². The largest absolute Gasteiger partial charge is 0.479 e. The van der Waals surface area contributed by atoms with Crippen LogP contribution in [0.3, 0.4) is 0 Å². The Morgan fingerprint density at radius 3 is 2.59 bits per heavy atom. The average Bonchev–Trinajstić information content (AvgIpc) is 3.45. The summed E-state index contributed by atoms with van der Waals surface area (Å²) in [6, 6.07) is 8.54. The number of rotatable bonds is 4. The molecule has 0 aliphatic carbocycles. The lowest BCUT2D eigenvalue weighted by molar-refractivity contribution is -0.138. The van der Waals surface area contributed by atoms with E-state index in [-0.39, 0.29) is 30.2 Å². The maximum absolute atomic E-state index is 15.5. The fourth-order valence-electron chi connectivity index (χ4n) is 4.27. The number of halogens is 4. The summed E-state index contributed by atoms with van der Waals surface area (Å²) in [4.78, 5) is 13.0. The third-order valence-electron chi connectivity index (χ3n) is 5.87. The average molecular weight is 472 g/mol. The van der Waals surface area contributed by atoms with Gasteiger partial charge in [0, 0.05) is 18.7 Å². The van der Waals surface area contributed by atoms with Crippen molar-refractivity contribution in [2.75, 3.05) is 7.11 Å². The Hall–Kier alpha value is -3.76. The van der Waals surface area contributed by atoms with E-state index in [1.807, 2.05) is 13.1 Å². The van der Waals surface area contributed by atoms with Crippen molar-refractivity contribution in [1.82, 2.24) is 29.3 Å². The number of aryl methyl sites for hydroxylation is 2. The van der Waals surface area contributed by atoms with E-state index >= 15 is 4.39 Å². The summed E-state index contributed by atoms with van der Waals surface area (Å²) < 4.78 is 64.6. The fourth-order valence-corrected chi connectivity index (χ4v) is 4.27. The zero-order valence-electron chi connectivity index (χ0n) is 18.3. The molecule has 1 aliphatic heterocycles. The number of fused-ring (bicyclic) bond motifs is 1. The van der Waals surface area contributed by atoms with Gasteiger partial charge in [-0.25, -0.2) is 24.0 Å². The third kappa shape index (κ3) is 3.80. The molecular formula is C23H20F4N6O. The Bertz CT molecular complexity index is 1350. The van der Waals surface area contributed by atoms with E-state index in [0.717, 1.165) is 11.8 Å². The summed E-state index contributed by atoms with van der Waals surface area (Å²) in [7, 11) is 1.48. The SMILES string of the molecule is COc1nc(-c2nc3n(n2)CCC(c2ccccc2C(F)(F)F)C3F)ccc1-n1cnc(C)c1. The Morgan fingerprint density at radius 1 is 1.09 bits per heavy atom. The number of hydrogen-bond acceptors (Lipinski definition) is 5. The van der Waals surface area contributed by atoms with Gasteiger partial charge in [-0.2, -0.15) is 13.2 Å². The summed E-state index contributed by atoms with van der Waals surface area (Å²) in [5.74, 6) is -0.513. The van der Waals surface area contributed by atoms with Crippen LogP contribution in [0.25, 0.3) is 17.2 Å². The van der Waals surface area contributed by atoms with Crippen LogP contribution in [0.2, 0.25) is 0 Å². The molecule has 34 heavy (non-hydrogen) atoms. The Morgan fingerprint density at radius 2 is 1.88 bits per heavy atom. The number of benzene rings is 1. The lowest BCUT2D eigenvalue weighted by Crippen LogP contribution is -2.24. The lowest BCUT2D eigenvalue weighted by Gasteiger charge is -2.28. The van der Waals surface area contributed by atoms with Crippen LogP contribution in [0.15, 0.2) is 48.9 Å². The number of aromatic nitrogens is 6. The van der Waals surface area contributed by atoms with Crippen molar-refractivity contribution in [1.29, 1.82) is 0 Å². The Labute approximate surface area is 192 Å². The summed E-state index contributed by atoms with van der Waals surface area (Å²) in [6.07, 6.45) is -2.69. The van der Waals surface area contributed by atoms with E-state index in [1.54, 1.807) is 23.0 Å². The van der Waals surface area contributed by atoms with Gasteiger partial charge >= 0.3 is 6.18 Å². The van der Waals surface area contributed by atoms with Gasteiger partial charge < -0.3 is 9.30 Å². The second kappa shape index (κ2) is 8.23. The molecule has 0 fully saturated rings. The second-order valence-electron chi connectivity index (χ2n) is 8.05. The van der Waals surface area contributed by atoms with Gasteiger partial charge in [0.2, 0.25) is 5.88 Å². The highest BCUT2D eigenvalue weighted by Crippen LogP contribution is 2.45. The van der Waals surface area contributed by atoms with Crippen LogP contribution >= 0.6 is 0 Å². The highest BCUT2D eigenvalue weighted by molar-refractivity contribution is 5.55. The van der Waals surface area contributed by atoms with Gasteiger partial charge in [0.15, 0.2) is 17.8 Å². The maximum atomic E-state index is 15.5. The second-order valence-corrected chi connectivity index (χ2v) is 8.05. The molecule has 11 heteroatoms. The molecule has 1 aromatic carbocycles. The minimum atomic E-state index is -4.57. The van der Waals surface area contributed by atoms with Crippen LogP contribution in [0.1, 0.15) is 41.2 Å². The van der Waals surface area contributed by atoms with Crippen LogP contribution < -0.4 is 4.74 Å². The predicted molar refractivity (Wildman–Crippen MR) is 114 cm³/mol. The first-order chi connectivity index (χ1) is 16.3. The first-order valence-corrected chi connectivity index (χ1v) is 10.6. The van der Waals surface area contributed by atoms with Crippen molar-refractivity contribution in [3.05, 3.63) is 71.6 Å². The van der Waals surface area contributed by atoms with Gasteiger partial charge in [0.05, 0.1) is 24.7 Å². The van der Waals surface area contributed by atoms with E-state index in [4.69, 9.17) is 4.74 Å². The number of methoxy groups -OCH3 is 1. The monoisotopic (exact) mass is 472 g/mol. The standard InChI is InChI=1S/C23H20F4N6O/c1-13-11-32(12-28-13)18-8-7-17(29-22(18)34-2)20-30-21-19(24)15(9-10-33(21)31-20)14-5-3-4-6-16(14)23(25,26)27/h3-8,11-12,15,19H,9-10H2,1-2H3. The molecule has 5 rings (SSSR count). The number of imidazole rings is 1. The molecule has 3 aromatic heterocycles. The van der Waals surface area contributed by atoms with Gasteiger partial charge in [-0.15, -0.1) is 5.10 Å². The predicted octanol–water partition coefficient (Wildman–Crippen LogP) is 5.06. The number of ether oxygens (including phenoxy) is 1. The van der Waals surface area contributed by atoms with Crippen molar-refractivity contribution < 1.29 is 22.3 Å². The Balaban J connectivity index is 1.49. The van der Waals surface area contributed by atoms with Crippen LogP contribution in [0, 0.1) is 6.92 Å². The normalized spacial score (nSPS) is 18.1. The van der Waals surface area contributed by atoms with Crippen LogP contribution in [-0.2, 0) is 12.7 Å². The minimum Gasteiger partial charge on any atom is -0.479 e. The summed E-state index contributed by atoms with van der Waals surface area (Å²) in [6.45, 7) is 2.10. The van der Waals surface area contributed by atoms with Gasteiger partial charge in [-0.1, -0.05) is 18.2 Å². The molecule has 0 N–H and O–H groups in total. The van der Waals surface area contributed by atoms with Crippen molar-refractivity contribution >= 4 is 0 Å². The van der Waals surface area contributed by atoms with Gasteiger partial charge in [-0.3, -0.25) is 0 Å². The van der Waals surface area contributed by atoms with Gasteiger partial charge in [0.1, 0.15) is 11.4 Å². The van der Waals surface area contributed by atoms with Crippen molar-refractivity contribution in [2.24, 2.45) is 0 Å². The summed E-state index contributed by atoms with van der Waals surface area (Å²) >= 11 is 0. The molecule has 1 aliphatic rings. The highest BCUT2D eigenvalue weighted by atomic mass is 19.4. The van der Waals surface area contributed by atoms with Crippen molar-refractivity contribution in [3.63, 3.8) is 0 Å². The molecular weight excluding hydrogens is 452 g/mol. The summed E-state index contributed by atoms with van der Waals surface area (Å²) in [5.41, 5.74) is 0.942. The van der Waals surface area contributed by atoms with Crippen molar-refractivity contribution in [3.8, 4) is 23.1 Å².